The van der Waals surface area contributed by atoms with Gasteiger partial charge in [0.2, 0.25) is 0 Å². The van der Waals surface area contributed by atoms with Crippen LogP contribution in [0.5, 0.6) is 5.75 Å². The minimum absolute atomic E-state index is 0.330. The van der Waals surface area contributed by atoms with E-state index in [4.69, 9.17) is 0 Å². The summed E-state index contributed by atoms with van der Waals surface area (Å²) in [6, 6.07) is 5.44. The Balaban J connectivity index is 2.29. The Morgan fingerprint density at radius 2 is 2.23 bits per heavy atom. The zero-order chi connectivity index (χ0) is 8.84. The largest absolute Gasteiger partial charge is 0.508 e. The number of phenols is 1. The number of aromatic hydroxyl groups is 1. The Morgan fingerprint density at radius 1 is 1.31 bits per heavy atom. The number of hydrogen-bond acceptors (Lipinski definition) is 2. The van der Waals surface area contributed by atoms with Crippen LogP contribution in [-0.4, -0.2) is 15.3 Å². The molecule has 0 radical (unpaired) electrons. The third kappa shape index (κ3) is 0.811. The van der Waals surface area contributed by atoms with Crippen molar-refractivity contribution in [1.82, 2.24) is 10.2 Å². The Morgan fingerprint density at radius 3 is 3.15 bits per heavy atom. The third-order valence-corrected chi connectivity index (χ3v) is 2.46. The van der Waals surface area contributed by atoms with E-state index >= 15 is 0 Å². The van der Waals surface area contributed by atoms with Gasteiger partial charge in [-0.15, -0.1) is 0 Å². The van der Waals surface area contributed by atoms with Gasteiger partial charge in [-0.3, -0.25) is 5.10 Å². The maximum Gasteiger partial charge on any atom is 0.115 e. The van der Waals surface area contributed by atoms with E-state index in [2.05, 4.69) is 10.2 Å². The lowest BCUT2D eigenvalue weighted by atomic mass is 10.1. The first-order valence-electron chi connectivity index (χ1n) is 4.19. The molecule has 0 saturated carbocycles. The summed E-state index contributed by atoms with van der Waals surface area (Å²) < 4.78 is 0. The molecule has 1 heterocycles. The van der Waals surface area contributed by atoms with E-state index in [-0.39, 0.29) is 0 Å². The van der Waals surface area contributed by atoms with Crippen molar-refractivity contribution in [3.8, 4) is 17.0 Å². The molecule has 2 N–H and O–H groups in total. The van der Waals surface area contributed by atoms with E-state index in [9.17, 15) is 5.11 Å². The molecule has 0 fully saturated rings. The average molecular weight is 172 g/mol. The highest BCUT2D eigenvalue weighted by Gasteiger charge is 2.19. The van der Waals surface area contributed by atoms with Gasteiger partial charge >= 0.3 is 0 Å². The topological polar surface area (TPSA) is 48.9 Å². The molecule has 1 aliphatic carbocycles. The lowest BCUT2D eigenvalue weighted by Gasteiger charge is -1.98. The fourth-order valence-electron chi connectivity index (χ4n) is 1.85. The maximum atomic E-state index is 9.29. The third-order valence-electron chi connectivity index (χ3n) is 2.46. The van der Waals surface area contributed by atoms with Crippen molar-refractivity contribution in [3.63, 3.8) is 0 Å². The zero-order valence-electron chi connectivity index (χ0n) is 6.91. The van der Waals surface area contributed by atoms with Crippen molar-refractivity contribution in [3.05, 3.63) is 35.5 Å². The summed E-state index contributed by atoms with van der Waals surface area (Å²) in [5, 5.41) is 16.2. The number of H-pyrrole nitrogens is 1. The number of fused-ring (bicyclic) bond motifs is 3. The van der Waals surface area contributed by atoms with Gasteiger partial charge in [-0.25, -0.2) is 0 Å². The zero-order valence-corrected chi connectivity index (χ0v) is 6.91. The van der Waals surface area contributed by atoms with E-state index in [1.165, 1.54) is 11.1 Å². The van der Waals surface area contributed by atoms with Gasteiger partial charge in [0.05, 0.1) is 11.9 Å². The number of hydrogen-bond donors (Lipinski definition) is 2. The molecule has 0 saturated heterocycles. The number of nitrogens with zero attached hydrogens (tertiary/aromatic N) is 1. The minimum atomic E-state index is 0.330. The number of phenolic OH excluding ortho intramolecular Hbond substituents is 1. The van der Waals surface area contributed by atoms with Crippen LogP contribution in [-0.2, 0) is 6.42 Å². The molecule has 3 rings (SSSR count). The summed E-state index contributed by atoms with van der Waals surface area (Å²) in [7, 11) is 0. The molecule has 1 aromatic heterocycles. The molecule has 1 aromatic carbocycles. The van der Waals surface area contributed by atoms with Gasteiger partial charge in [-0.2, -0.15) is 5.10 Å². The van der Waals surface area contributed by atoms with E-state index < -0.39 is 0 Å². The summed E-state index contributed by atoms with van der Waals surface area (Å²) in [6.45, 7) is 0. The lowest BCUT2D eigenvalue weighted by Crippen LogP contribution is -1.81. The van der Waals surface area contributed by atoms with Crippen LogP contribution in [0.1, 0.15) is 11.1 Å². The maximum absolute atomic E-state index is 9.29. The number of rotatable bonds is 0. The molecular formula is C10H8N2O. The number of benzene rings is 1. The normalized spacial score (nSPS) is 12.6. The van der Waals surface area contributed by atoms with Crippen molar-refractivity contribution in [2.75, 3.05) is 0 Å². The van der Waals surface area contributed by atoms with Crippen molar-refractivity contribution in [2.24, 2.45) is 0 Å². The Kier molecular flexibility index (Phi) is 1.10. The molecule has 0 unspecified atom stereocenters. The molecule has 0 atom stereocenters. The van der Waals surface area contributed by atoms with Crippen LogP contribution in [0.3, 0.4) is 0 Å². The molecule has 13 heavy (non-hydrogen) atoms. The van der Waals surface area contributed by atoms with Crippen LogP contribution in [0.2, 0.25) is 0 Å². The van der Waals surface area contributed by atoms with E-state index in [1.807, 2.05) is 18.3 Å². The molecule has 1 aliphatic rings. The summed E-state index contributed by atoms with van der Waals surface area (Å²) in [5.41, 5.74) is 4.63. The first kappa shape index (κ1) is 6.71. The summed E-state index contributed by atoms with van der Waals surface area (Å²) in [6.07, 6.45) is 2.71. The van der Waals surface area contributed by atoms with Gasteiger partial charge in [-0.05, 0) is 23.8 Å². The van der Waals surface area contributed by atoms with Gasteiger partial charge in [0.1, 0.15) is 5.75 Å². The van der Waals surface area contributed by atoms with Gasteiger partial charge in [-0.1, -0.05) is 0 Å². The fourth-order valence-corrected chi connectivity index (χ4v) is 1.85. The molecule has 0 spiro atoms. The first-order chi connectivity index (χ1) is 6.34. The van der Waals surface area contributed by atoms with E-state index in [0.29, 0.717) is 5.75 Å². The number of aromatic nitrogens is 2. The van der Waals surface area contributed by atoms with Gasteiger partial charge in [0.25, 0.3) is 0 Å². The Hall–Kier alpha value is -1.77. The summed E-state index contributed by atoms with van der Waals surface area (Å²) in [4.78, 5) is 0. The standard InChI is InChI=1S/C10H8N2O/c13-8-1-2-9-6(4-8)3-7-5-11-12-10(7)9/h1-2,4-5,13H,3H2,(H,11,12). The minimum Gasteiger partial charge on any atom is -0.508 e. The van der Waals surface area contributed by atoms with Crippen LogP contribution in [0, 0.1) is 0 Å². The summed E-state index contributed by atoms with van der Waals surface area (Å²) in [5.74, 6) is 0.330. The predicted molar refractivity (Wildman–Crippen MR) is 48.5 cm³/mol. The highest BCUT2D eigenvalue weighted by atomic mass is 16.3. The first-order valence-corrected chi connectivity index (χ1v) is 4.19. The molecule has 0 aliphatic heterocycles. The van der Waals surface area contributed by atoms with Crippen LogP contribution < -0.4 is 0 Å². The number of nitrogens with one attached hydrogen (secondary N) is 1. The molecule has 64 valence electrons. The quantitative estimate of drug-likeness (QED) is 0.542. The molecule has 0 bridgehead atoms. The molecule has 2 aromatic rings. The SMILES string of the molecule is Oc1ccc2c(c1)Cc1cn[nH]c1-2. The highest BCUT2D eigenvalue weighted by molar-refractivity contribution is 5.73. The van der Waals surface area contributed by atoms with Crippen molar-refractivity contribution in [2.45, 2.75) is 6.42 Å². The van der Waals surface area contributed by atoms with Crippen LogP contribution in [0.4, 0.5) is 0 Å². The average Bonchev–Trinajstić information content (AvgIpc) is 2.62. The van der Waals surface area contributed by atoms with Crippen LogP contribution in [0.15, 0.2) is 24.4 Å². The summed E-state index contributed by atoms with van der Waals surface area (Å²) >= 11 is 0. The van der Waals surface area contributed by atoms with Crippen LogP contribution in [0.25, 0.3) is 11.3 Å². The highest BCUT2D eigenvalue weighted by Crippen LogP contribution is 2.36. The molecule has 3 heteroatoms. The van der Waals surface area contributed by atoms with Crippen molar-refractivity contribution in [1.29, 1.82) is 0 Å². The van der Waals surface area contributed by atoms with Gasteiger partial charge in [0, 0.05) is 17.5 Å². The monoisotopic (exact) mass is 172 g/mol. The van der Waals surface area contributed by atoms with Crippen molar-refractivity contribution >= 4 is 0 Å². The Labute approximate surface area is 75.0 Å². The predicted octanol–water partition coefficient (Wildman–Crippen LogP) is 1.69. The second-order valence-electron chi connectivity index (χ2n) is 3.29. The molecular weight excluding hydrogens is 164 g/mol. The molecule has 0 amide bonds. The van der Waals surface area contributed by atoms with Crippen molar-refractivity contribution < 1.29 is 5.11 Å². The van der Waals surface area contributed by atoms with E-state index in [1.54, 1.807) is 6.07 Å². The van der Waals surface area contributed by atoms with Gasteiger partial charge in [0.15, 0.2) is 0 Å². The van der Waals surface area contributed by atoms with E-state index in [0.717, 1.165) is 17.7 Å². The second-order valence-corrected chi connectivity index (χ2v) is 3.29. The smallest absolute Gasteiger partial charge is 0.115 e. The fraction of sp³-hybridized carbons (Fsp3) is 0.100. The number of aromatic amines is 1. The molecule has 3 nitrogen and oxygen atoms in total. The second kappa shape index (κ2) is 2.13. The lowest BCUT2D eigenvalue weighted by molar-refractivity contribution is 0.475. The Bertz CT molecular complexity index is 474. The van der Waals surface area contributed by atoms with Crippen LogP contribution >= 0.6 is 0 Å². The van der Waals surface area contributed by atoms with Gasteiger partial charge < -0.3 is 5.11 Å².